The Hall–Kier alpha value is -4.99. The Morgan fingerprint density at radius 2 is 1.44 bits per heavy atom. The Morgan fingerprint density at radius 1 is 0.872 bits per heavy atom. The van der Waals surface area contributed by atoms with Crippen molar-refractivity contribution < 1.29 is 23.9 Å². The second-order valence-corrected chi connectivity index (χ2v) is 8.66. The predicted octanol–water partition coefficient (Wildman–Crippen LogP) is 3.86. The van der Waals surface area contributed by atoms with Crippen LogP contribution in [-0.2, 0) is 19.1 Å². The summed E-state index contributed by atoms with van der Waals surface area (Å²) in [6.07, 6.45) is 4.16. The molecule has 0 spiro atoms. The lowest BCUT2D eigenvalue weighted by Gasteiger charge is -2.11. The second kappa shape index (κ2) is 11.6. The van der Waals surface area contributed by atoms with Gasteiger partial charge in [-0.2, -0.15) is 10.1 Å². The van der Waals surface area contributed by atoms with Gasteiger partial charge in [-0.25, -0.2) is 14.3 Å². The zero-order chi connectivity index (χ0) is 28.1. The average Bonchev–Trinajstić information content (AvgIpc) is 3.42. The number of aromatic amines is 1. The molecule has 39 heavy (non-hydrogen) atoms. The number of aromatic nitrogens is 2. The van der Waals surface area contributed by atoms with Crippen molar-refractivity contribution in [1.82, 2.24) is 9.78 Å². The quantitative estimate of drug-likeness (QED) is 0.350. The average molecular weight is 529 g/mol. The van der Waals surface area contributed by atoms with E-state index in [1.54, 1.807) is 38.1 Å². The fourth-order valence-electron chi connectivity index (χ4n) is 3.86. The van der Waals surface area contributed by atoms with Crippen LogP contribution in [0.3, 0.4) is 0 Å². The number of benzene rings is 2. The molecule has 1 amide bonds. The van der Waals surface area contributed by atoms with Crippen molar-refractivity contribution in [2.24, 2.45) is 5.10 Å². The van der Waals surface area contributed by atoms with Gasteiger partial charge in [-0.15, -0.1) is 0 Å². The van der Waals surface area contributed by atoms with Gasteiger partial charge in [0.2, 0.25) is 0 Å². The van der Waals surface area contributed by atoms with Crippen LogP contribution in [0, 0.1) is 13.8 Å². The molecule has 4 rings (SSSR count). The summed E-state index contributed by atoms with van der Waals surface area (Å²) in [6, 6.07) is 14.3. The number of carbonyl (C=O) groups excluding carboxylic acids is 3. The Bertz CT molecular complexity index is 1560. The van der Waals surface area contributed by atoms with Crippen molar-refractivity contribution >= 4 is 35.3 Å². The van der Waals surface area contributed by atoms with Crippen molar-refractivity contribution in [3.63, 3.8) is 0 Å². The minimum atomic E-state index is -0.754. The standard InChI is InChI=1S/C29H28N4O6/c1-5-38-28(36)24-22(26(34)32(30-24)20-14-10-18(3)11-15-20)8-7-9-23-25(29(37)39-6-2)31-33(27(23)35)21-16-12-19(4)13-17-21/h7-17,30H,5-6H2,1-4H3. The maximum Gasteiger partial charge on any atom is 0.359 e. The van der Waals surface area contributed by atoms with E-state index < -0.39 is 23.4 Å². The third-order valence-electron chi connectivity index (χ3n) is 5.85. The van der Waals surface area contributed by atoms with E-state index in [1.165, 1.54) is 22.9 Å². The first-order chi connectivity index (χ1) is 18.7. The van der Waals surface area contributed by atoms with Gasteiger partial charge in [0.05, 0.1) is 35.7 Å². The number of carbonyl (C=O) groups is 3. The summed E-state index contributed by atoms with van der Waals surface area (Å²) in [5, 5.41) is 8.15. The van der Waals surface area contributed by atoms with Gasteiger partial charge in [0.25, 0.3) is 11.5 Å². The summed E-state index contributed by atoms with van der Waals surface area (Å²) in [4.78, 5) is 51.8. The molecule has 1 aliphatic rings. The van der Waals surface area contributed by atoms with Crippen LogP contribution < -0.4 is 10.6 Å². The van der Waals surface area contributed by atoms with Crippen LogP contribution in [0.1, 0.15) is 41.0 Å². The predicted molar refractivity (Wildman–Crippen MR) is 147 cm³/mol. The second-order valence-electron chi connectivity index (χ2n) is 8.66. The molecule has 10 nitrogen and oxygen atoms in total. The molecule has 0 atom stereocenters. The molecular weight excluding hydrogens is 500 g/mol. The molecule has 1 aliphatic heterocycles. The third-order valence-corrected chi connectivity index (χ3v) is 5.85. The molecule has 0 unspecified atom stereocenters. The van der Waals surface area contributed by atoms with E-state index in [2.05, 4.69) is 10.2 Å². The van der Waals surface area contributed by atoms with Crippen molar-refractivity contribution in [3.05, 3.63) is 99.0 Å². The Balaban J connectivity index is 1.74. The van der Waals surface area contributed by atoms with Gasteiger partial charge in [0.1, 0.15) is 0 Å². The lowest BCUT2D eigenvalue weighted by Crippen LogP contribution is -2.22. The number of aryl methyl sites for hydroxylation is 2. The molecule has 1 N–H and O–H groups in total. The SMILES string of the molecule is CCOC(=O)C1=NN(c2ccc(C)cc2)C(=O)C1=CC=Cc1c(C(=O)OCC)[nH]n(-c2ccc(C)cc2)c1=O. The first-order valence-corrected chi connectivity index (χ1v) is 12.4. The van der Waals surface area contributed by atoms with Crippen LogP contribution in [0.4, 0.5) is 5.69 Å². The Labute approximate surface area is 224 Å². The highest BCUT2D eigenvalue weighted by molar-refractivity contribution is 6.53. The van der Waals surface area contributed by atoms with E-state index in [4.69, 9.17) is 9.47 Å². The zero-order valence-corrected chi connectivity index (χ0v) is 22.1. The van der Waals surface area contributed by atoms with Crippen molar-refractivity contribution in [1.29, 1.82) is 0 Å². The number of anilines is 1. The summed E-state index contributed by atoms with van der Waals surface area (Å²) in [6.45, 7) is 7.37. The molecule has 1 aromatic heterocycles. The van der Waals surface area contributed by atoms with Gasteiger partial charge < -0.3 is 9.47 Å². The lowest BCUT2D eigenvalue weighted by molar-refractivity contribution is -0.135. The zero-order valence-electron chi connectivity index (χ0n) is 22.1. The Morgan fingerprint density at radius 3 is 2.03 bits per heavy atom. The summed E-state index contributed by atoms with van der Waals surface area (Å²) >= 11 is 0. The van der Waals surface area contributed by atoms with E-state index in [0.717, 1.165) is 16.1 Å². The van der Waals surface area contributed by atoms with E-state index in [9.17, 15) is 19.2 Å². The van der Waals surface area contributed by atoms with Gasteiger partial charge in [0, 0.05) is 0 Å². The smallest absolute Gasteiger partial charge is 0.359 e. The molecule has 10 heteroatoms. The van der Waals surface area contributed by atoms with Crippen LogP contribution in [0.15, 0.2) is 76.2 Å². The van der Waals surface area contributed by atoms with Gasteiger partial charge in [-0.1, -0.05) is 41.5 Å². The van der Waals surface area contributed by atoms with Crippen molar-refractivity contribution in [2.45, 2.75) is 27.7 Å². The number of H-pyrrole nitrogens is 1. The molecule has 0 saturated carbocycles. The minimum Gasteiger partial charge on any atom is -0.461 e. The van der Waals surface area contributed by atoms with E-state index >= 15 is 0 Å². The number of hydrogen-bond acceptors (Lipinski definition) is 7. The van der Waals surface area contributed by atoms with Crippen molar-refractivity contribution in [2.75, 3.05) is 18.2 Å². The lowest BCUT2D eigenvalue weighted by atomic mass is 10.1. The van der Waals surface area contributed by atoms with Crippen LogP contribution in [0.25, 0.3) is 11.8 Å². The number of hydrazone groups is 1. The first-order valence-electron chi connectivity index (χ1n) is 12.4. The van der Waals surface area contributed by atoms with Crippen LogP contribution in [0.5, 0.6) is 0 Å². The highest BCUT2D eigenvalue weighted by Crippen LogP contribution is 2.25. The molecule has 3 aromatic rings. The molecule has 200 valence electrons. The van der Waals surface area contributed by atoms with Gasteiger partial charge >= 0.3 is 11.9 Å². The van der Waals surface area contributed by atoms with Crippen molar-refractivity contribution in [3.8, 4) is 5.69 Å². The summed E-state index contributed by atoms with van der Waals surface area (Å²) in [5.41, 5.74) is 2.34. The molecule has 0 aliphatic carbocycles. The minimum absolute atomic E-state index is 0.0163. The fraction of sp³-hybridized carbons (Fsp3) is 0.207. The number of esters is 2. The molecule has 0 saturated heterocycles. The monoisotopic (exact) mass is 528 g/mol. The summed E-state index contributed by atoms with van der Waals surface area (Å²) in [7, 11) is 0. The number of rotatable bonds is 8. The van der Waals surface area contributed by atoms with E-state index in [-0.39, 0.29) is 35.8 Å². The topological polar surface area (TPSA) is 123 Å². The van der Waals surface area contributed by atoms with Gasteiger partial charge in [-0.05, 0) is 64.1 Å². The van der Waals surface area contributed by atoms with Crippen LogP contribution in [0.2, 0.25) is 0 Å². The maximum absolute atomic E-state index is 13.3. The molecule has 0 bridgehead atoms. The highest BCUT2D eigenvalue weighted by Gasteiger charge is 2.35. The number of nitrogens with zero attached hydrogens (tertiary/aromatic N) is 3. The molecule has 2 aromatic carbocycles. The molecular formula is C29H28N4O6. The number of ether oxygens (including phenoxy) is 2. The Kier molecular flexibility index (Phi) is 8.04. The normalized spacial score (nSPS) is 14.3. The summed E-state index contributed by atoms with van der Waals surface area (Å²) in [5.74, 6) is -2.00. The van der Waals surface area contributed by atoms with Crippen LogP contribution in [-0.4, -0.2) is 46.6 Å². The number of nitrogens with one attached hydrogen (secondary N) is 1. The van der Waals surface area contributed by atoms with Gasteiger partial charge in [-0.3, -0.25) is 14.7 Å². The first kappa shape index (κ1) is 27.1. The largest absolute Gasteiger partial charge is 0.461 e. The van der Waals surface area contributed by atoms with Crippen LogP contribution >= 0.6 is 0 Å². The fourth-order valence-corrected chi connectivity index (χ4v) is 3.86. The number of allylic oxidation sites excluding steroid dienone is 2. The number of hydrogen-bond donors (Lipinski definition) is 1. The van der Waals surface area contributed by atoms with E-state index in [0.29, 0.717) is 11.4 Å². The summed E-state index contributed by atoms with van der Waals surface area (Å²) < 4.78 is 11.5. The third kappa shape index (κ3) is 5.64. The maximum atomic E-state index is 13.3. The highest BCUT2D eigenvalue weighted by atomic mass is 16.5. The van der Waals surface area contributed by atoms with Gasteiger partial charge in [0.15, 0.2) is 11.4 Å². The number of amides is 1. The molecule has 0 radical (unpaired) electrons. The molecule has 2 heterocycles. The molecule has 0 fully saturated rings. The van der Waals surface area contributed by atoms with E-state index in [1.807, 2.05) is 38.1 Å².